The number of benzene rings is 3. The van der Waals surface area contributed by atoms with Crippen LogP contribution < -0.4 is 5.32 Å². The van der Waals surface area contributed by atoms with Crippen molar-refractivity contribution >= 4 is 29.4 Å². The average Bonchev–Trinajstić information content (AvgIpc) is 3.29. The molecule has 2 atom stereocenters. The van der Waals surface area contributed by atoms with E-state index in [1.807, 2.05) is 31.2 Å². The smallest absolute Gasteiger partial charge is 0.353 e. The number of amidine groups is 1. The standard InChI is InChI=1S/C28H24ClF3N4O2/c1-17-4-2-5-19(14-17)25-24(18-8-10-22(29)11-9-18)34-26(20-6-3-7-21(15-20)28(30,31)32)36(25)27(38)35-13-12-33-23(37)16-35/h2-11,14-15,24-25H,12-13,16H2,1H3,(H,33,37). The van der Waals surface area contributed by atoms with Crippen LogP contribution in [-0.4, -0.2) is 47.2 Å². The van der Waals surface area contributed by atoms with Gasteiger partial charge in [-0.15, -0.1) is 0 Å². The number of amides is 3. The zero-order valence-corrected chi connectivity index (χ0v) is 21.1. The van der Waals surface area contributed by atoms with Crippen LogP contribution >= 0.6 is 11.6 Å². The monoisotopic (exact) mass is 540 g/mol. The lowest BCUT2D eigenvalue weighted by molar-refractivity contribution is -0.137. The number of piperazine rings is 1. The van der Waals surface area contributed by atoms with Crippen LogP contribution in [0.2, 0.25) is 5.02 Å². The van der Waals surface area contributed by atoms with Crippen molar-refractivity contribution in [3.05, 3.63) is 106 Å². The molecule has 10 heteroatoms. The fraction of sp³-hybridized carbons (Fsp3) is 0.250. The zero-order valence-electron chi connectivity index (χ0n) is 20.4. The van der Waals surface area contributed by atoms with Gasteiger partial charge in [0.2, 0.25) is 5.91 Å². The van der Waals surface area contributed by atoms with Crippen LogP contribution in [0.25, 0.3) is 0 Å². The summed E-state index contributed by atoms with van der Waals surface area (Å²) >= 11 is 6.12. The molecule has 1 fully saturated rings. The molecule has 0 spiro atoms. The molecule has 38 heavy (non-hydrogen) atoms. The van der Waals surface area contributed by atoms with Gasteiger partial charge >= 0.3 is 12.2 Å². The number of hydrogen-bond donors (Lipinski definition) is 1. The first-order valence-electron chi connectivity index (χ1n) is 12.0. The van der Waals surface area contributed by atoms with Crippen LogP contribution in [0, 0.1) is 6.92 Å². The number of aryl methyl sites for hydroxylation is 1. The van der Waals surface area contributed by atoms with Gasteiger partial charge in [0.25, 0.3) is 0 Å². The van der Waals surface area contributed by atoms with E-state index in [9.17, 15) is 22.8 Å². The molecule has 6 nitrogen and oxygen atoms in total. The van der Waals surface area contributed by atoms with Gasteiger partial charge in [-0.25, -0.2) is 4.79 Å². The Labute approximate surface area is 222 Å². The Bertz CT molecular complexity index is 1410. The summed E-state index contributed by atoms with van der Waals surface area (Å²) in [5.41, 5.74) is 1.78. The highest BCUT2D eigenvalue weighted by molar-refractivity contribution is 6.30. The summed E-state index contributed by atoms with van der Waals surface area (Å²) in [6, 6.07) is 17.6. The van der Waals surface area contributed by atoms with Gasteiger partial charge in [-0.3, -0.25) is 14.7 Å². The average molecular weight is 541 g/mol. The van der Waals surface area contributed by atoms with Crippen molar-refractivity contribution in [3.8, 4) is 0 Å². The topological polar surface area (TPSA) is 65.0 Å². The SMILES string of the molecule is Cc1cccc(C2C(c3ccc(Cl)cc3)N=C(c3cccc(C(F)(F)F)c3)N2C(=O)N2CCNC(=O)C2)c1. The molecule has 3 aromatic rings. The van der Waals surface area contributed by atoms with Gasteiger partial charge in [0.15, 0.2) is 0 Å². The van der Waals surface area contributed by atoms with Crippen LogP contribution in [0.3, 0.4) is 0 Å². The van der Waals surface area contributed by atoms with Crippen molar-refractivity contribution in [2.24, 2.45) is 4.99 Å². The highest BCUT2D eigenvalue weighted by Gasteiger charge is 2.45. The second-order valence-corrected chi connectivity index (χ2v) is 9.75. The Kier molecular flexibility index (Phi) is 6.88. The first kappa shape index (κ1) is 25.8. The van der Waals surface area contributed by atoms with Gasteiger partial charge < -0.3 is 10.2 Å². The minimum absolute atomic E-state index is 0.110. The maximum atomic E-state index is 14.1. The maximum absolute atomic E-state index is 14.1. The van der Waals surface area contributed by atoms with Crippen LogP contribution in [0.4, 0.5) is 18.0 Å². The number of nitrogens with zero attached hydrogens (tertiary/aromatic N) is 3. The zero-order chi connectivity index (χ0) is 27.0. The highest BCUT2D eigenvalue weighted by atomic mass is 35.5. The summed E-state index contributed by atoms with van der Waals surface area (Å²) in [5.74, 6) is -0.193. The first-order chi connectivity index (χ1) is 18.1. The van der Waals surface area contributed by atoms with Crippen LogP contribution in [0.15, 0.2) is 77.8 Å². The summed E-state index contributed by atoms with van der Waals surface area (Å²) in [6.45, 7) is 2.32. The first-order valence-corrected chi connectivity index (χ1v) is 12.4. The second-order valence-electron chi connectivity index (χ2n) is 9.31. The van der Waals surface area contributed by atoms with E-state index in [0.29, 0.717) is 5.02 Å². The summed E-state index contributed by atoms with van der Waals surface area (Å²) in [5, 5.41) is 3.22. The number of alkyl halides is 3. The van der Waals surface area contributed by atoms with Crippen LogP contribution in [0.1, 0.15) is 39.9 Å². The molecule has 1 N–H and O–H groups in total. The summed E-state index contributed by atoms with van der Waals surface area (Å²) < 4.78 is 40.9. The summed E-state index contributed by atoms with van der Waals surface area (Å²) in [7, 11) is 0. The van der Waals surface area contributed by atoms with Gasteiger partial charge in [0, 0.05) is 23.7 Å². The van der Waals surface area contributed by atoms with Gasteiger partial charge in [0.1, 0.15) is 18.4 Å². The van der Waals surface area contributed by atoms with E-state index in [4.69, 9.17) is 16.6 Å². The van der Waals surface area contributed by atoms with Crippen molar-refractivity contribution in [1.29, 1.82) is 0 Å². The minimum atomic E-state index is -4.57. The summed E-state index contributed by atoms with van der Waals surface area (Å²) in [4.78, 5) is 33.9. The molecule has 0 aromatic heterocycles. The number of nitrogens with one attached hydrogen (secondary N) is 1. The minimum Gasteiger partial charge on any atom is -0.353 e. The maximum Gasteiger partial charge on any atom is 0.416 e. The number of aliphatic imine (C=N–C) groups is 1. The molecule has 0 saturated carbocycles. The fourth-order valence-electron chi connectivity index (χ4n) is 4.85. The number of carbonyl (C=O) groups is 2. The molecule has 0 aliphatic carbocycles. The van der Waals surface area contributed by atoms with Crippen LogP contribution in [0.5, 0.6) is 0 Å². The quantitative estimate of drug-likeness (QED) is 0.459. The third kappa shape index (κ3) is 5.11. The molecule has 2 unspecified atom stereocenters. The lowest BCUT2D eigenvalue weighted by Crippen LogP contribution is -2.55. The van der Waals surface area contributed by atoms with Gasteiger partial charge in [-0.1, -0.05) is 65.7 Å². The highest BCUT2D eigenvalue weighted by Crippen LogP contribution is 2.45. The van der Waals surface area contributed by atoms with E-state index in [2.05, 4.69) is 5.32 Å². The van der Waals surface area contributed by atoms with E-state index in [0.717, 1.165) is 28.8 Å². The normalized spacial score (nSPS) is 19.8. The predicted molar refractivity (Wildman–Crippen MR) is 138 cm³/mol. The molecule has 2 aliphatic rings. The Hall–Kier alpha value is -3.85. The largest absolute Gasteiger partial charge is 0.416 e. The van der Waals surface area contributed by atoms with Crippen molar-refractivity contribution in [2.45, 2.75) is 25.2 Å². The third-order valence-corrected chi connectivity index (χ3v) is 6.88. The molecule has 0 radical (unpaired) electrons. The Balaban J connectivity index is 1.69. The van der Waals surface area contributed by atoms with E-state index in [-0.39, 0.29) is 36.9 Å². The van der Waals surface area contributed by atoms with Crippen molar-refractivity contribution in [3.63, 3.8) is 0 Å². The predicted octanol–water partition coefficient (Wildman–Crippen LogP) is 5.76. The van der Waals surface area contributed by atoms with E-state index < -0.39 is 29.9 Å². The Morgan fingerprint density at radius 3 is 2.45 bits per heavy atom. The number of carbonyl (C=O) groups excluding carboxylic acids is 2. The third-order valence-electron chi connectivity index (χ3n) is 6.63. The van der Waals surface area contributed by atoms with E-state index >= 15 is 0 Å². The fourth-order valence-corrected chi connectivity index (χ4v) is 4.98. The Morgan fingerprint density at radius 2 is 1.76 bits per heavy atom. The molecule has 3 amide bonds. The molecule has 1 saturated heterocycles. The number of rotatable bonds is 3. The van der Waals surface area contributed by atoms with Gasteiger partial charge in [0.05, 0.1) is 11.6 Å². The molecule has 0 bridgehead atoms. The Morgan fingerprint density at radius 1 is 1.03 bits per heavy atom. The second kappa shape index (κ2) is 10.1. The molecular weight excluding hydrogens is 517 g/mol. The van der Waals surface area contributed by atoms with E-state index in [1.54, 1.807) is 24.3 Å². The molecule has 2 heterocycles. The van der Waals surface area contributed by atoms with Gasteiger partial charge in [-0.2, -0.15) is 13.2 Å². The van der Waals surface area contributed by atoms with Crippen molar-refractivity contribution in [1.82, 2.24) is 15.1 Å². The number of halogens is 4. The van der Waals surface area contributed by atoms with Crippen molar-refractivity contribution < 1.29 is 22.8 Å². The van der Waals surface area contributed by atoms with Crippen LogP contribution in [-0.2, 0) is 11.0 Å². The molecule has 5 rings (SSSR count). The van der Waals surface area contributed by atoms with Gasteiger partial charge in [-0.05, 0) is 42.3 Å². The lowest BCUT2D eigenvalue weighted by Gasteiger charge is -2.35. The van der Waals surface area contributed by atoms with E-state index in [1.165, 1.54) is 21.9 Å². The molecule has 2 aliphatic heterocycles. The lowest BCUT2D eigenvalue weighted by atomic mass is 9.93. The summed E-state index contributed by atoms with van der Waals surface area (Å²) in [6.07, 6.45) is -4.57. The number of hydrogen-bond acceptors (Lipinski definition) is 3. The molecule has 196 valence electrons. The molecule has 3 aromatic carbocycles. The van der Waals surface area contributed by atoms with Crippen molar-refractivity contribution in [2.75, 3.05) is 19.6 Å². The molecular formula is C28H24ClF3N4O2. The number of urea groups is 1.